The molecule has 110 valence electrons. The van der Waals surface area contributed by atoms with Crippen LogP contribution in [0.5, 0.6) is 0 Å². The van der Waals surface area contributed by atoms with Crippen molar-refractivity contribution in [3.63, 3.8) is 0 Å². The van der Waals surface area contributed by atoms with Gasteiger partial charge in [-0.3, -0.25) is 14.7 Å². The van der Waals surface area contributed by atoms with E-state index in [0.717, 1.165) is 51.3 Å². The molecule has 1 saturated heterocycles. The highest BCUT2D eigenvalue weighted by atomic mass is 16.2. The Bertz CT molecular complexity index is 399. The van der Waals surface area contributed by atoms with Crippen LogP contribution >= 0.6 is 0 Å². The fourth-order valence-corrected chi connectivity index (χ4v) is 2.56. The molecule has 4 nitrogen and oxygen atoms in total. The number of pyridine rings is 1. The van der Waals surface area contributed by atoms with Gasteiger partial charge in [-0.2, -0.15) is 0 Å². The van der Waals surface area contributed by atoms with Gasteiger partial charge in [0.25, 0.3) is 0 Å². The summed E-state index contributed by atoms with van der Waals surface area (Å²) in [7, 11) is 0. The fraction of sp³-hybridized carbons (Fsp3) is 0.625. The van der Waals surface area contributed by atoms with E-state index in [1.165, 1.54) is 6.42 Å². The van der Waals surface area contributed by atoms with Crippen molar-refractivity contribution >= 4 is 5.91 Å². The molecule has 0 atom stereocenters. The van der Waals surface area contributed by atoms with Crippen LogP contribution in [0.4, 0.5) is 0 Å². The maximum absolute atomic E-state index is 12.0. The lowest BCUT2D eigenvalue weighted by Crippen LogP contribution is -2.48. The number of amides is 1. The molecule has 20 heavy (non-hydrogen) atoms. The van der Waals surface area contributed by atoms with Gasteiger partial charge in [-0.1, -0.05) is 25.8 Å². The van der Waals surface area contributed by atoms with Gasteiger partial charge in [-0.05, 0) is 18.6 Å². The monoisotopic (exact) mass is 275 g/mol. The Kier molecular flexibility index (Phi) is 5.99. The molecule has 0 N–H and O–H groups in total. The number of hydrogen-bond donors (Lipinski definition) is 0. The fourth-order valence-electron chi connectivity index (χ4n) is 2.56. The third kappa shape index (κ3) is 4.60. The van der Waals surface area contributed by atoms with Crippen LogP contribution in [-0.2, 0) is 11.3 Å². The molecule has 1 aliphatic heterocycles. The zero-order valence-corrected chi connectivity index (χ0v) is 12.4. The molecule has 4 heteroatoms. The van der Waals surface area contributed by atoms with E-state index in [-0.39, 0.29) is 0 Å². The van der Waals surface area contributed by atoms with Crippen LogP contribution in [0.15, 0.2) is 24.4 Å². The molecule has 2 rings (SSSR count). The Balaban J connectivity index is 1.71. The molecule has 0 aliphatic carbocycles. The molecule has 0 unspecified atom stereocenters. The summed E-state index contributed by atoms with van der Waals surface area (Å²) in [6.45, 7) is 6.68. The van der Waals surface area contributed by atoms with Gasteiger partial charge >= 0.3 is 0 Å². The highest BCUT2D eigenvalue weighted by Gasteiger charge is 2.20. The minimum atomic E-state index is 0.330. The van der Waals surface area contributed by atoms with Gasteiger partial charge in [0, 0.05) is 45.3 Å². The molecular formula is C16H25N3O. The minimum Gasteiger partial charge on any atom is -0.340 e. The number of carbonyl (C=O) groups excluding carboxylic acids is 1. The number of aromatic nitrogens is 1. The summed E-state index contributed by atoms with van der Waals surface area (Å²) in [5.74, 6) is 0.330. The van der Waals surface area contributed by atoms with Crippen molar-refractivity contribution in [2.75, 3.05) is 26.2 Å². The van der Waals surface area contributed by atoms with Crippen LogP contribution < -0.4 is 0 Å². The summed E-state index contributed by atoms with van der Waals surface area (Å²) in [6, 6.07) is 6.02. The lowest BCUT2D eigenvalue weighted by atomic mass is 10.2. The van der Waals surface area contributed by atoms with Gasteiger partial charge in [0.05, 0.1) is 5.69 Å². The summed E-state index contributed by atoms with van der Waals surface area (Å²) in [4.78, 5) is 20.8. The first-order valence-electron chi connectivity index (χ1n) is 7.69. The van der Waals surface area contributed by atoms with Crippen molar-refractivity contribution in [1.29, 1.82) is 0 Å². The molecular weight excluding hydrogens is 250 g/mol. The van der Waals surface area contributed by atoms with E-state index in [1.54, 1.807) is 0 Å². The molecule has 1 amide bonds. The Morgan fingerprint density at radius 3 is 2.65 bits per heavy atom. The van der Waals surface area contributed by atoms with Crippen LogP contribution in [0.3, 0.4) is 0 Å². The van der Waals surface area contributed by atoms with Gasteiger partial charge < -0.3 is 4.90 Å². The average Bonchev–Trinajstić information content (AvgIpc) is 2.49. The Hall–Kier alpha value is -1.42. The van der Waals surface area contributed by atoms with Crippen LogP contribution in [0.25, 0.3) is 0 Å². The average molecular weight is 275 g/mol. The molecule has 0 bridgehead atoms. The van der Waals surface area contributed by atoms with Gasteiger partial charge in [0.1, 0.15) is 0 Å². The molecule has 0 radical (unpaired) electrons. The lowest BCUT2D eigenvalue weighted by Gasteiger charge is -2.34. The van der Waals surface area contributed by atoms with Gasteiger partial charge in [-0.15, -0.1) is 0 Å². The van der Waals surface area contributed by atoms with E-state index in [2.05, 4.69) is 22.9 Å². The molecule has 0 saturated carbocycles. The van der Waals surface area contributed by atoms with Gasteiger partial charge in [0.15, 0.2) is 0 Å². The quantitative estimate of drug-likeness (QED) is 0.748. The van der Waals surface area contributed by atoms with E-state index in [0.29, 0.717) is 12.3 Å². The zero-order chi connectivity index (χ0) is 14.2. The predicted octanol–water partition coefficient (Wildman–Crippen LogP) is 2.31. The van der Waals surface area contributed by atoms with Crippen molar-refractivity contribution in [3.8, 4) is 0 Å². The van der Waals surface area contributed by atoms with Gasteiger partial charge in [-0.25, -0.2) is 0 Å². The number of rotatable bonds is 6. The number of piperazine rings is 1. The topological polar surface area (TPSA) is 36.4 Å². The first kappa shape index (κ1) is 15.0. The first-order valence-corrected chi connectivity index (χ1v) is 7.69. The van der Waals surface area contributed by atoms with Crippen LogP contribution in [0, 0.1) is 0 Å². The van der Waals surface area contributed by atoms with E-state index in [1.807, 2.05) is 23.2 Å². The molecule has 2 heterocycles. The van der Waals surface area contributed by atoms with Crippen molar-refractivity contribution in [2.45, 2.75) is 39.2 Å². The van der Waals surface area contributed by atoms with Gasteiger partial charge in [0.2, 0.25) is 5.91 Å². The first-order chi connectivity index (χ1) is 9.79. The third-order valence-electron chi connectivity index (χ3n) is 3.83. The molecule has 1 aromatic rings. The summed E-state index contributed by atoms with van der Waals surface area (Å²) in [5, 5.41) is 0. The van der Waals surface area contributed by atoms with E-state index in [4.69, 9.17) is 0 Å². The van der Waals surface area contributed by atoms with E-state index in [9.17, 15) is 4.79 Å². The van der Waals surface area contributed by atoms with Crippen molar-refractivity contribution in [1.82, 2.24) is 14.8 Å². The van der Waals surface area contributed by atoms with Crippen molar-refractivity contribution < 1.29 is 4.79 Å². The smallest absolute Gasteiger partial charge is 0.222 e. The summed E-state index contributed by atoms with van der Waals surface area (Å²) < 4.78 is 0. The van der Waals surface area contributed by atoms with E-state index >= 15 is 0 Å². The Labute approximate surface area is 121 Å². The standard InChI is InChI=1S/C16H25N3O/c1-2-3-4-8-16(20)19-12-10-18(11-13-19)14-15-7-5-6-9-17-15/h5-7,9H,2-4,8,10-14H2,1H3. The third-order valence-corrected chi connectivity index (χ3v) is 3.83. The second kappa shape index (κ2) is 8.00. The largest absolute Gasteiger partial charge is 0.340 e. The number of carbonyl (C=O) groups is 1. The maximum atomic E-state index is 12.0. The Morgan fingerprint density at radius 1 is 1.20 bits per heavy atom. The molecule has 1 fully saturated rings. The normalized spacial score (nSPS) is 16.4. The summed E-state index contributed by atoms with van der Waals surface area (Å²) in [6.07, 6.45) is 5.91. The van der Waals surface area contributed by atoms with Crippen LogP contribution in [0.2, 0.25) is 0 Å². The number of nitrogens with zero attached hydrogens (tertiary/aromatic N) is 3. The summed E-state index contributed by atoms with van der Waals surface area (Å²) in [5.41, 5.74) is 1.11. The Morgan fingerprint density at radius 2 is 2.00 bits per heavy atom. The number of hydrogen-bond acceptors (Lipinski definition) is 3. The lowest BCUT2D eigenvalue weighted by molar-refractivity contribution is -0.133. The SMILES string of the molecule is CCCCCC(=O)N1CCN(Cc2ccccn2)CC1. The predicted molar refractivity (Wildman–Crippen MR) is 80.2 cm³/mol. The highest BCUT2D eigenvalue weighted by molar-refractivity contribution is 5.76. The van der Waals surface area contributed by atoms with Crippen LogP contribution in [-0.4, -0.2) is 46.9 Å². The maximum Gasteiger partial charge on any atom is 0.222 e. The highest BCUT2D eigenvalue weighted by Crippen LogP contribution is 2.09. The summed E-state index contributed by atoms with van der Waals surface area (Å²) >= 11 is 0. The zero-order valence-electron chi connectivity index (χ0n) is 12.4. The number of unbranched alkanes of at least 4 members (excludes halogenated alkanes) is 2. The van der Waals surface area contributed by atoms with E-state index < -0.39 is 0 Å². The van der Waals surface area contributed by atoms with Crippen LogP contribution in [0.1, 0.15) is 38.3 Å². The second-order valence-corrected chi connectivity index (χ2v) is 5.44. The molecule has 0 spiro atoms. The molecule has 1 aromatic heterocycles. The molecule has 1 aliphatic rings. The second-order valence-electron chi connectivity index (χ2n) is 5.44. The minimum absolute atomic E-state index is 0.330. The molecule has 0 aromatic carbocycles. The van der Waals surface area contributed by atoms with Crippen molar-refractivity contribution in [3.05, 3.63) is 30.1 Å². The van der Waals surface area contributed by atoms with Crippen molar-refractivity contribution in [2.24, 2.45) is 0 Å².